The van der Waals surface area contributed by atoms with Crippen LogP contribution in [0.5, 0.6) is 0 Å². The van der Waals surface area contributed by atoms with Gasteiger partial charge in [0.1, 0.15) is 0 Å². The lowest BCUT2D eigenvalue weighted by molar-refractivity contribution is 0.0109. The number of rotatable bonds is 1. The first-order chi connectivity index (χ1) is 4.97. The van der Waals surface area contributed by atoms with Crippen LogP contribution in [0.2, 0.25) is 0 Å². The Labute approximate surface area is 61.3 Å². The quantitative estimate of drug-likeness (QED) is 0.532. The first-order valence-corrected chi connectivity index (χ1v) is 4.02. The lowest BCUT2D eigenvalue weighted by Crippen LogP contribution is -2.34. The van der Waals surface area contributed by atoms with E-state index in [2.05, 4.69) is 15.2 Å². The molecule has 0 bridgehead atoms. The summed E-state index contributed by atoms with van der Waals surface area (Å²) in [6.07, 6.45) is 5.80. The SMILES string of the molecule is C1=NN(N2CCCC2)CC1. The largest absolute Gasteiger partial charge is 0.227 e. The average molecular weight is 139 g/mol. The van der Waals surface area contributed by atoms with Gasteiger partial charge in [-0.2, -0.15) is 5.10 Å². The van der Waals surface area contributed by atoms with Crippen molar-refractivity contribution in [3.8, 4) is 0 Å². The highest BCUT2D eigenvalue weighted by atomic mass is 15.8. The van der Waals surface area contributed by atoms with Gasteiger partial charge in [-0.1, -0.05) is 0 Å². The van der Waals surface area contributed by atoms with Crippen LogP contribution in [0, 0.1) is 0 Å². The van der Waals surface area contributed by atoms with Crippen LogP contribution >= 0.6 is 0 Å². The van der Waals surface area contributed by atoms with Gasteiger partial charge < -0.3 is 0 Å². The van der Waals surface area contributed by atoms with E-state index in [1.807, 2.05) is 6.21 Å². The second-order valence-electron chi connectivity index (χ2n) is 2.84. The molecular formula is C7H13N3. The molecule has 2 heterocycles. The monoisotopic (exact) mass is 139 g/mol. The highest BCUT2D eigenvalue weighted by Gasteiger charge is 2.18. The molecule has 0 saturated carbocycles. The Morgan fingerprint density at radius 3 is 2.50 bits per heavy atom. The Kier molecular flexibility index (Phi) is 1.59. The number of hydrogen-bond acceptors (Lipinski definition) is 3. The molecule has 0 N–H and O–H groups in total. The average Bonchev–Trinajstić information content (AvgIpc) is 2.59. The maximum absolute atomic E-state index is 4.25. The number of hydrazine groups is 1. The number of nitrogens with zero attached hydrogens (tertiary/aromatic N) is 3. The predicted octanol–water partition coefficient (Wildman–Crippen LogP) is 0.689. The number of hydrazone groups is 1. The molecular weight excluding hydrogens is 126 g/mol. The molecule has 3 nitrogen and oxygen atoms in total. The molecule has 1 saturated heterocycles. The van der Waals surface area contributed by atoms with Gasteiger partial charge >= 0.3 is 0 Å². The summed E-state index contributed by atoms with van der Waals surface area (Å²) in [5.74, 6) is 0. The predicted molar refractivity (Wildman–Crippen MR) is 40.6 cm³/mol. The summed E-state index contributed by atoms with van der Waals surface area (Å²) in [6.45, 7) is 3.51. The van der Waals surface area contributed by atoms with Crippen molar-refractivity contribution in [2.24, 2.45) is 5.10 Å². The summed E-state index contributed by atoms with van der Waals surface area (Å²) in [4.78, 5) is 0. The summed E-state index contributed by atoms with van der Waals surface area (Å²) in [5.41, 5.74) is 0. The molecule has 0 radical (unpaired) electrons. The molecule has 1 fully saturated rings. The molecule has 0 amide bonds. The van der Waals surface area contributed by atoms with Crippen LogP contribution in [0.3, 0.4) is 0 Å². The van der Waals surface area contributed by atoms with Gasteiger partial charge in [0.15, 0.2) is 0 Å². The van der Waals surface area contributed by atoms with Crippen LogP contribution < -0.4 is 0 Å². The van der Waals surface area contributed by atoms with Gasteiger partial charge in [-0.05, 0) is 12.8 Å². The summed E-state index contributed by atoms with van der Waals surface area (Å²) >= 11 is 0. The zero-order valence-electron chi connectivity index (χ0n) is 6.16. The minimum absolute atomic E-state index is 1.10. The third-order valence-electron chi connectivity index (χ3n) is 2.08. The fourth-order valence-corrected chi connectivity index (χ4v) is 1.53. The Balaban J connectivity index is 1.91. The molecule has 3 heteroatoms. The van der Waals surface area contributed by atoms with Crippen LogP contribution in [0.4, 0.5) is 0 Å². The van der Waals surface area contributed by atoms with Crippen LogP contribution in [0.25, 0.3) is 0 Å². The van der Waals surface area contributed by atoms with Crippen molar-refractivity contribution in [2.75, 3.05) is 19.6 Å². The van der Waals surface area contributed by atoms with Crippen molar-refractivity contribution >= 4 is 6.21 Å². The fraction of sp³-hybridized carbons (Fsp3) is 0.857. The third kappa shape index (κ3) is 1.01. The molecule has 0 aliphatic carbocycles. The van der Waals surface area contributed by atoms with Gasteiger partial charge in [0.2, 0.25) is 0 Å². The molecule has 0 aromatic rings. The van der Waals surface area contributed by atoms with Crippen molar-refractivity contribution in [3.05, 3.63) is 0 Å². The van der Waals surface area contributed by atoms with E-state index >= 15 is 0 Å². The second kappa shape index (κ2) is 2.58. The molecule has 56 valence electrons. The van der Waals surface area contributed by atoms with Crippen LogP contribution in [0.1, 0.15) is 19.3 Å². The summed E-state index contributed by atoms with van der Waals surface area (Å²) < 4.78 is 0. The van der Waals surface area contributed by atoms with E-state index in [0.29, 0.717) is 0 Å². The summed E-state index contributed by atoms with van der Waals surface area (Å²) in [5, 5.41) is 8.69. The highest BCUT2D eigenvalue weighted by molar-refractivity contribution is 5.58. The van der Waals surface area contributed by atoms with Crippen molar-refractivity contribution in [2.45, 2.75) is 19.3 Å². The van der Waals surface area contributed by atoms with Crippen molar-refractivity contribution in [1.29, 1.82) is 0 Å². The molecule has 0 aromatic carbocycles. The van der Waals surface area contributed by atoms with Crippen molar-refractivity contribution < 1.29 is 0 Å². The van der Waals surface area contributed by atoms with E-state index in [-0.39, 0.29) is 0 Å². The Hall–Kier alpha value is -0.570. The van der Waals surface area contributed by atoms with Crippen LogP contribution in [0.15, 0.2) is 5.10 Å². The minimum Gasteiger partial charge on any atom is -0.227 e. The molecule has 0 spiro atoms. The second-order valence-corrected chi connectivity index (χ2v) is 2.84. The first-order valence-electron chi connectivity index (χ1n) is 4.02. The molecule has 0 atom stereocenters. The highest BCUT2D eigenvalue weighted by Crippen LogP contribution is 2.13. The smallest absolute Gasteiger partial charge is 0.0585 e. The molecule has 0 unspecified atom stereocenters. The Bertz CT molecular complexity index is 138. The van der Waals surface area contributed by atoms with Gasteiger partial charge in [0, 0.05) is 25.7 Å². The lowest BCUT2D eigenvalue weighted by atomic mass is 10.4. The van der Waals surface area contributed by atoms with Gasteiger partial charge in [0.25, 0.3) is 0 Å². The molecule has 2 aliphatic rings. The van der Waals surface area contributed by atoms with Gasteiger partial charge in [0.05, 0.1) is 6.54 Å². The van der Waals surface area contributed by atoms with Crippen molar-refractivity contribution in [3.63, 3.8) is 0 Å². The maximum Gasteiger partial charge on any atom is 0.0585 e. The van der Waals surface area contributed by atoms with E-state index in [1.165, 1.54) is 25.9 Å². The van der Waals surface area contributed by atoms with E-state index in [0.717, 1.165) is 13.0 Å². The summed E-state index contributed by atoms with van der Waals surface area (Å²) in [7, 11) is 0. The van der Waals surface area contributed by atoms with E-state index in [9.17, 15) is 0 Å². The van der Waals surface area contributed by atoms with Crippen LogP contribution in [-0.2, 0) is 0 Å². The minimum atomic E-state index is 1.10. The van der Waals surface area contributed by atoms with E-state index in [1.54, 1.807) is 0 Å². The van der Waals surface area contributed by atoms with E-state index in [4.69, 9.17) is 0 Å². The zero-order valence-corrected chi connectivity index (χ0v) is 6.16. The first kappa shape index (κ1) is 6.16. The molecule has 2 rings (SSSR count). The molecule has 10 heavy (non-hydrogen) atoms. The normalized spacial score (nSPS) is 26.6. The maximum atomic E-state index is 4.25. The van der Waals surface area contributed by atoms with Crippen molar-refractivity contribution in [1.82, 2.24) is 10.1 Å². The Morgan fingerprint density at radius 1 is 1.10 bits per heavy atom. The van der Waals surface area contributed by atoms with E-state index < -0.39 is 0 Å². The van der Waals surface area contributed by atoms with Gasteiger partial charge in [-0.15, -0.1) is 0 Å². The molecule has 2 aliphatic heterocycles. The fourth-order valence-electron chi connectivity index (χ4n) is 1.53. The summed E-state index contributed by atoms with van der Waals surface area (Å²) in [6, 6.07) is 0. The molecule has 0 aromatic heterocycles. The van der Waals surface area contributed by atoms with Gasteiger partial charge in [-0.3, -0.25) is 0 Å². The topological polar surface area (TPSA) is 18.8 Å². The zero-order chi connectivity index (χ0) is 6.81. The van der Waals surface area contributed by atoms with Gasteiger partial charge in [-0.25, -0.2) is 10.1 Å². The third-order valence-corrected chi connectivity index (χ3v) is 2.08. The standard InChI is InChI=1S/C7H13N3/c1-2-6-9(5-1)10-7-3-4-8-10/h4H,1-3,5-7H2. The number of hydrogen-bond donors (Lipinski definition) is 0. The lowest BCUT2D eigenvalue weighted by Gasteiger charge is -2.24. The Morgan fingerprint density at radius 2 is 1.90 bits per heavy atom. The van der Waals surface area contributed by atoms with Crippen LogP contribution in [-0.4, -0.2) is 36.0 Å².